The van der Waals surface area contributed by atoms with E-state index in [1.807, 2.05) is 6.92 Å². The molecule has 9 nitrogen and oxygen atoms in total. The van der Waals surface area contributed by atoms with Crippen LogP contribution in [0.1, 0.15) is 37.7 Å². The molecule has 2 heterocycles. The molecule has 0 radical (unpaired) electrons. The third kappa shape index (κ3) is 3.71. The number of alkyl carbamates (subject to hydrolysis) is 1. The molecular weight excluding hydrogens is 376 g/mol. The number of nitrogens with zero attached hydrogens (tertiary/aromatic N) is 2. The summed E-state index contributed by atoms with van der Waals surface area (Å²) in [5.74, 6) is -0.809. The van der Waals surface area contributed by atoms with E-state index in [4.69, 9.17) is 15.2 Å². The zero-order valence-corrected chi connectivity index (χ0v) is 16.4. The van der Waals surface area contributed by atoms with Crippen LogP contribution in [-0.4, -0.2) is 40.4 Å². The number of amides is 2. The zero-order chi connectivity index (χ0) is 21.1. The Balaban J connectivity index is 2.18. The molecule has 1 unspecified atom stereocenters. The molecule has 29 heavy (non-hydrogen) atoms. The molecule has 0 aliphatic carbocycles. The summed E-state index contributed by atoms with van der Waals surface area (Å²) in [6.07, 6.45) is -0.00662. The number of hydrogen-bond acceptors (Lipinski definition) is 7. The second-order valence-electron chi connectivity index (χ2n) is 6.42. The van der Waals surface area contributed by atoms with Gasteiger partial charge >= 0.3 is 12.2 Å². The number of nitrogens with two attached hydrogens (primary N) is 1. The molecule has 0 bridgehead atoms. The van der Waals surface area contributed by atoms with Crippen molar-refractivity contribution in [3.63, 3.8) is 0 Å². The highest BCUT2D eigenvalue weighted by Gasteiger charge is 2.26. The first kappa shape index (κ1) is 20.1. The standard InChI is InChI=1S/C20H22N4O5/c1-4-11(3)29-19(26)23-18(25)16-17-15(13(21)10-22-16)12-8-6-7-9-14(12)24(17)20(27)28-5-2/h6-11H,4-5,21H2,1-3H3,(H,23,25,26). The average molecular weight is 398 g/mol. The highest BCUT2D eigenvalue weighted by Crippen LogP contribution is 2.34. The van der Waals surface area contributed by atoms with Gasteiger partial charge in [0, 0.05) is 10.8 Å². The summed E-state index contributed by atoms with van der Waals surface area (Å²) in [7, 11) is 0. The van der Waals surface area contributed by atoms with Crippen LogP contribution in [0.4, 0.5) is 15.3 Å². The van der Waals surface area contributed by atoms with E-state index in [1.165, 1.54) is 10.8 Å². The van der Waals surface area contributed by atoms with E-state index < -0.39 is 18.1 Å². The fraction of sp³-hybridized carbons (Fsp3) is 0.300. The molecule has 3 N–H and O–H groups in total. The first-order valence-corrected chi connectivity index (χ1v) is 9.25. The summed E-state index contributed by atoms with van der Waals surface area (Å²) >= 11 is 0. The second kappa shape index (κ2) is 8.17. The molecule has 0 spiro atoms. The number of para-hydroxylation sites is 1. The number of benzene rings is 1. The Morgan fingerprint density at radius 1 is 1.24 bits per heavy atom. The number of ether oxygens (including phenoxy) is 2. The topological polar surface area (TPSA) is 126 Å². The van der Waals surface area contributed by atoms with Crippen LogP contribution in [0.15, 0.2) is 30.5 Å². The molecule has 1 atom stereocenters. The Hall–Kier alpha value is -3.62. The monoisotopic (exact) mass is 398 g/mol. The zero-order valence-electron chi connectivity index (χ0n) is 16.4. The quantitative estimate of drug-likeness (QED) is 0.689. The highest BCUT2D eigenvalue weighted by atomic mass is 16.6. The predicted octanol–water partition coefficient (Wildman–Crippen LogP) is 3.44. The number of nitrogen functional groups attached to an aromatic ring is 1. The van der Waals surface area contributed by atoms with Crippen LogP contribution in [0.2, 0.25) is 0 Å². The summed E-state index contributed by atoms with van der Waals surface area (Å²) in [6.45, 7) is 5.38. The third-order valence-corrected chi connectivity index (χ3v) is 4.48. The average Bonchev–Trinajstić information content (AvgIpc) is 3.04. The van der Waals surface area contributed by atoms with Crippen molar-refractivity contribution in [1.82, 2.24) is 14.9 Å². The van der Waals surface area contributed by atoms with Gasteiger partial charge in [-0.05, 0) is 26.3 Å². The summed E-state index contributed by atoms with van der Waals surface area (Å²) in [4.78, 5) is 41.5. The van der Waals surface area contributed by atoms with Gasteiger partial charge in [-0.25, -0.2) is 19.1 Å². The van der Waals surface area contributed by atoms with E-state index in [0.29, 0.717) is 22.7 Å². The molecular formula is C20H22N4O5. The molecule has 1 aromatic carbocycles. The van der Waals surface area contributed by atoms with Crippen LogP contribution >= 0.6 is 0 Å². The van der Waals surface area contributed by atoms with Gasteiger partial charge in [-0.15, -0.1) is 0 Å². The number of pyridine rings is 1. The second-order valence-corrected chi connectivity index (χ2v) is 6.42. The maximum absolute atomic E-state index is 12.8. The fourth-order valence-corrected chi connectivity index (χ4v) is 3.01. The molecule has 152 valence electrons. The smallest absolute Gasteiger partial charge is 0.419 e. The number of fused-ring (bicyclic) bond motifs is 3. The van der Waals surface area contributed by atoms with Crippen molar-refractivity contribution < 1.29 is 23.9 Å². The third-order valence-electron chi connectivity index (χ3n) is 4.48. The molecule has 2 aromatic heterocycles. The van der Waals surface area contributed by atoms with Gasteiger partial charge in [0.1, 0.15) is 6.10 Å². The van der Waals surface area contributed by atoms with Gasteiger partial charge in [0.2, 0.25) is 0 Å². The van der Waals surface area contributed by atoms with Crippen LogP contribution in [0, 0.1) is 0 Å². The Kier molecular flexibility index (Phi) is 5.67. The van der Waals surface area contributed by atoms with Gasteiger partial charge < -0.3 is 15.2 Å². The molecule has 0 fully saturated rings. The Labute approximate surface area is 166 Å². The van der Waals surface area contributed by atoms with Crippen molar-refractivity contribution in [1.29, 1.82) is 0 Å². The fourth-order valence-electron chi connectivity index (χ4n) is 3.01. The van der Waals surface area contributed by atoms with Gasteiger partial charge in [0.05, 0.1) is 29.5 Å². The Morgan fingerprint density at radius 3 is 2.66 bits per heavy atom. The van der Waals surface area contributed by atoms with Crippen LogP contribution in [0.5, 0.6) is 0 Å². The lowest BCUT2D eigenvalue weighted by molar-refractivity contribution is 0.0844. The van der Waals surface area contributed by atoms with E-state index in [0.717, 1.165) is 0 Å². The minimum Gasteiger partial charge on any atom is -0.449 e. The van der Waals surface area contributed by atoms with Crippen LogP contribution in [-0.2, 0) is 9.47 Å². The number of aromatic nitrogens is 2. The van der Waals surface area contributed by atoms with E-state index in [-0.39, 0.29) is 29.6 Å². The first-order valence-electron chi connectivity index (χ1n) is 9.25. The van der Waals surface area contributed by atoms with Crippen molar-refractivity contribution >= 4 is 45.6 Å². The summed E-state index contributed by atoms with van der Waals surface area (Å²) in [5.41, 5.74) is 6.94. The maximum Gasteiger partial charge on any atom is 0.419 e. The van der Waals surface area contributed by atoms with Gasteiger partial charge in [-0.2, -0.15) is 0 Å². The summed E-state index contributed by atoms with van der Waals surface area (Å²) < 4.78 is 11.5. The number of carbonyl (C=O) groups excluding carboxylic acids is 3. The Bertz CT molecular complexity index is 1110. The molecule has 2 amide bonds. The van der Waals surface area contributed by atoms with Crippen molar-refractivity contribution in [2.24, 2.45) is 0 Å². The van der Waals surface area contributed by atoms with E-state index in [1.54, 1.807) is 38.1 Å². The number of anilines is 1. The lowest BCUT2D eigenvalue weighted by Crippen LogP contribution is -2.34. The van der Waals surface area contributed by atoms with E-state index >= 15 is 0 Å². The van der Waals surface area contributed by atoms with E-state index in [9.17, 15) is 14.4 Å². The number of carbonyl (C=O) groups is 3. The van der Waals surface area contributed by atoms with Gasteiger partial charge in [-0.3, -0.25) is 10.1 Å². The van der Waals surface area contributed by atoms with Crippen LogP contribution < -0.4 is 11.1 Å². The predicted molar refractivity (Wildman–Crippen MR) is 108 cm³/mol. The minimum absolute atomic E-state index is 0.139. The van der Waals surface area contributed by atoms with Crippen molar-refractivity contribution in [3.05, 3.63) is 36.2 Å². The number of hydrogen-bond donors (Lipinski definition) is 2. The molecule has 3 rings (SSSR count). The van der Waals surface area contributed by atoms with Gasteiger partial charge in [-0.1, -0.05) is 25.1 Å². The lowest BCUT2D eigenvalue weighted by Gasteiger charge is -2.12. The normalized spacial score (nSPS) is 12.0. The molecule has 3 aromatic rings. The van der Waals surface area contributed by atoms with Gasteiger partial charge in [0.25, 0.3) is 5.91 Å². The lowest BCUT2D eigenvalue weighted by atomic mass is 10.1. The number of nitrogens with one attached hydrogen (secondary N) is 1. The molecule has 0 saturated carbocycles. The summed E-state index contributed by atoms with van der Waals surface area (Å²) in [5, 5.41) is 3.28. The molecule has 0 aliphatic heterocycles. The minimum atomic E-state index is -0.894. The van der Waals surface area contributed by atoms with Crippen LogP contribution in [0.3, 0.4) is 0 Å². The molecule has 0 aliphatic rings. The van der Waals surface area contributed by atoms with Crippen LogP contribution in [0.25, 0.3) is 21.8 Å². The highest BCUT2D eigenvalue weighted by molar-refractivity contribution is 6.22. The number of rotatable bonds is 4. The molecule has 9 heteroatoms. The maximum atomic E-state index is 12.8. The largest absolute Gasteiger partial charge is 0.449 e. The van der Waals surface area contributed by atoms with Crippen molar-refractivity contribution in [3.8, 4) is 0 Å². The number of imide groups is 1. The van der Waals surface area contributed by atoms with Crippen molar-refractivity contribution in [2.75, 3.05) is 12.3 Å². The Morgan fingerprint density at radius 2 is 1.97 bits per heavy atom. The van der Waals surface area contributed by atoms with Crippen molar-refractivity contribution in [2.45, 2.75) is 33.3 Å². The first-order chi connectivity index (χ1) is 13.9. The van der Waals surface area contributed by atoms with E-state index in [2.05, 4.69) is 10.3 Å². The van der Waals surface area contributed by atoms with Gasteiger partial charge in [0.15, 0.2) is 5.69 Å². The SMILES string of the molecule is CCOC(=O)n1c2ccccc2c2c(N)cnc(C(=O)NC(=O)OC(C)CC)c21. The molecule has 0 saturated heterocycles. The summed E-state index contributed by atoms with van der Waals surface area (Å²) in [6, 6.07) is 7.04.